The first-order valence-corrected chi connectivity index (χ1v) is 9.29. The van der Waals surface area contributed by atoms with Crippen LogP contribution in [-0.4, -0.2) is 37.7 Å². The molecule has 130 valence electrons. The van der Waals surface area contributed by atoms with E-state index in [1.807, 2.05) is 12.1 Å². The molecule has 2 aromatic rings. The summed E-state index contributed by atoms with van der Waals surface area (Å²) in [4.78, 5) is 19.3. The molecule has 25 heavy (non-hydrogen) atoms. The van der Waals surface area contributed by atoms with Gasteiger partial charge in [0.05, 0.1) is 11.2 Å². The van der Waals surface area contributed by atoms with Gasteiger partial charge in [0.25, 0.3) is 0 Å². The van der Waals surface area contributed by atoms with Crippen molar-refractivity contribution in [2.24, 2.45) is 5.92 Å². The highest BCUT2D eigenvalue weighted by molar-refractivity contribution is 5.89. The SMILES string of the molecule is O=C1N(CC2CC2)[C@H](c2ccc(-n3cncn3)cc2)NC12CCCC2. The Kier molecular flexibility index (Phi) is 3.41. The molecule has 0 bridgehead atoms. The molecule has 6 heteroatoms. The third kappa shape index (κ3) is 2.56. The normalized spacial score (nSPS) is 25.2. The molecule has 6 nitrogen and oxygen atoms in total. The predicted octanol–water partition coefficient (Wildman–Crippen LogP) is 2.42. The molecule has 1 spiro atoms. The zero-order chi connectivity index (χ0) is 16.9. The average molecular weight is 337 g/mol. The fourth-order valence-corrected chi connectivity index (χ4v) is 4.31. The number of nitrogens with zero attached hydrogens (tertiary/aromatic N) is 4. The summed E-state index contributed by atoms with van der Waals surface area (Å²) in [5, 5.41) is 7.88. The standard InChI is InChI=1S/C19H23N5O/c25-18-19(9-1-2-10-19)22-17(23(18)11-14-3-4-14)15-5-7-16(8-6-15)24-13-20-12-21-24/h5-8,12-14,17,22H,1-4,9-11H2/t17-/m1/s1. The Morgan fingerprint density at radius 3 is 2.56 bits per heavy atom. The van der Waals surface area contributed by atoms with Crippen molar-refractivity contribution in [3.8, 4) is 5.69 Å². The van der Waals surface area contributed by atoms with E-state index in [9.17, 15) is 4.79 Å². The van der Waals surface area contributed by atoms with E-state index >= 15 is 0 Å². The van der Waals surface area contributed by atoms with Crippen LogP contribution in [0.1, 0.15) is 50.3 Å². The third-order valence-electron chi connectivity index (χ3n) is 5.90. The van der Waals surface area contributed by atoms with Crippen molar-refractivity contribution in [2.45, 2.75) is 50.2 Å². The van der Waals surface area contributed by atoms with Gasteiger partial charge in [0.1, 0.15) is 18.8 Å². The molecule has 1 N–H and O–H groups in total. The van der Waals surface area contributed by atoms with Gasteiger partial charge in [-0.1, -0.05) is 25.0 Å². The van der Waals surface area contributed by atoms with Crippen LogP contribution >= 0.6 is 0 Å². The van der Waals surface area contributed by atoms with Crippen LogP contribution in [0.3, 0.4) is 0 Å². The highest BCUT2D eigenvalue weighted by Crippen LogP contribution is 2.43. The van der Waals surface area contributed by atoms with Gasteiger partial charge in [-0.15, -0.1) is 0 Å². The fourth-order valence-electron chi connectivity index (χ4n) is 4.31. The molecule has 2 saturated carbocycles. The zero-order valence-electron chi connectivity index (χ0n) is 14.3. The van der Waals surface area contributed by atoms with Gasteiger partial charge in [0.2, 0.25) is 5.91 Å². The number of hydrogen-bond acceptors (Lipinski definition) is 4. The highest BCUT2D eigenvalue weighted by Gasteiger charge is 2.53. The Morgan fingerprint density at radius 2 is 1.92 bits per heavy atom. The number of aromatic nitrogens is 3. The fraction of sp³-hybridized carbons (Fsp3) is 0.526. The number of carbonyl (C=O) groups excluding carboxylic acids is 1. The molecule has 0 unspecified atom stereocenters. The summed E-state index contributed by atoms with van der Waals surface area (Å²) in [5.74, 6) is 1.02. The predicted molar refractivity (Wildman–Crippen MR) is 92.9 cm³/mol. The highest BCUT2D eigenvalue weighted by atomic mass is 16.2. The first kappa shape index (κ1) is 15.1. The van der Waals surface area contributed by atoms with E-state index in [0.29, 0.717) is 11.8 Å². The van der Waals surface area contributed by atoms with E-state index in [4.69, 9.17) is 0 Å². The Bertz CT molecular complexity index is 760. The van der Waals surface area contributed by atoms with Crippen molar-refractivity contribution < 1.29 is 4.79 Å². The summed E-state index contributed by atoms with van der Waals surface area (Å²) < 4.78 is 1.75. The summed E-state index contributed by atoms with van der Waals surface area (Å²) in [5.41, 5.74) is 1.82. The Labute approximate surface area is 147 Å². The van der Waals surface area contributed by atoms with Gasteiger partial charge in [0.15, 0.2) is 0 Å². The van der Waals surface area contributed by atoms with Gasteiger partial charge in [-0.25, -0.2) is 9.67 Å². The molecule has 2 aliphatic carbocycles. The quantitative estimate of drug-likeness (QED) is 0.931. The molecule has 0 radical (unpaired) electrons. The molecule has 1 amide bonds. The smallest absolute Gasteiger partial charge is 0.244 e. The van der Waals surface area contributed by atoms with Crippen LogP contribution in [0.4, 0.5) is 0 Å². The van der Waals surface area contributed by atoms with E-state index < -0.39 is 0 Å². The number of carbonyl (C=O) groups is 1. The average Bonchev–Trinajstić information content (AvgIpc) is 3.04. The van der Waals surface area contributed by atoms with Crippen molar-refractivity contribution in [1.82, 2.24) is 25.0 Å². The molecule has 1 aliphatic heterocycles. The second-order valence-corrected chi connectivity index (χ2v) is 7.67. The van der Waals surface area contributed by atoms with Gasteiger partial charge < -0.3 is 4.90 Å². The molecule has 1 atom stereocenters. The lowest BCUT2D eigenvalue weighted by molar-refractivity contribution is -0.133. The monoisotopic (exact) mass is 337 g/mol. The maximum absolute atomic E-state index is 13.2. The summed E-state index contributed by atoms with van der Waals surface area (Å²) in [6, 6.07) is 8.31. The Hall–Kier alpha value is -2.21. The summed E-state index contributed by atoms with van der Waals surface area (Å²) in [7, 11) is 0. The van der Waals surface area contributed by atoms with E-state index in [1.165, 1.54) is 19.2 Å². The van der Waals surface area contributed by atoms with Crippen LogP contribution in [0.25, 0.3) is 5.69 Å². The molecule has 1 aromatic carbocycles. The summed E-state index contributed by atoms with van der Waals surface area (Å²) in [6.45, 7) is 0.892. The Balaban J connectivity index is 1.45. The summed E-state index contributed by atoms with van der Waals surface area (Å²) >= 11 is 0. The maximum Gasteiger partial charge on any atom is 0.244 e. The van der Waals surface area contributed by atoms with Crippen molar-refractivity contribution in [3.63, 3.8) is 0 Å². The lowest BCUT2D eigenvalue weighted by Crippen LogP contribution is -2.44. The van der Waals surface area contributed by atoms with Crippen LogP contribution < -0.4 is 5.32 Å². The van der Waals surface area contributed by atoms with Crippen molar-refractivity contribution in [2.75, 3.05) is 6.54 Å². The zero-order valence-corrected chi connectivity index (χ0v) is 14.3. The molecule has 3 aliphatic rings. The molecular formula is C19H23N5O. The molecule has 3 fully saturated rings. The number of amides is 1. The van der Waals surface area contributed by atoms with E-state index in [0.717, 1.165) is 43.5 Å². The minimum atomic E-state index is -0.315. The van der Waals surface area contributed by atoms with Crippen molar-refractivity contribution in [3.05, 3.63) is 42.5 Å². The first-order chi connectivity index (χ1) is 12.3. The summed E-state index contributed by atoms with van der Waals surface area (Å²) in [6.07, 6.45) is 9.98. The van der Waals surface area contributed by atoms with Gasteiger partial charge in [0, 0.05) is 6.54 Å². The third-order valence-corrected chi connectivity index (χ3v) is 5.90. The number of hydrogen-bond donors (Lipinski definition) is 1. The van der Waals surface area contributed by atoms with E-state index in [1.54, 1.807) is 11.0 Å². The second-order valence-electron chi connectivity index (χ2n) is 7.67. The van der Waals surface area contributed by atoms with Crippen LogP contribution in [0.2, 0.25) is 0 Å². The van der Waals surface area contributed by atoms with Gasteiger partial charge in [-0.2, -0.15) is 5.10 Å². The molecular weight excluding hydrogens is 314 g/mol. The largest absolute Gasteiger partial charge is 0.321 e. The van der Waals surface area contributed by atoms with Gasteiger partial charge in [-0.3, -0.25) is 10.1 Å². The van der Waals surface area contributed by atoms with Gasteiger partial charge >= 0.3 is 0 Å². The first-order valence-electron chi connectivity index (χ1n) is 9.29. The second kappa shape index (κ2) is 5.66. The van der Waals surface area contributed by atoms with E-state index in [2.05, 4.69) is 32.4 Å². The topological polar surface area (TPSA) is 63.1 Å². The molecule has 1 saturated heterocycles. The Morgan fingerprint density at radius 1 is 1.16 bits per heavy atom. The minimum Gasteiger partial charge on any atom is -0.321 e. The lowest BCUT2D eigenvalue weighted by Gasteiger charge is -2.24. The van der Waals surface area contributed by atoms with Crippen molar-refractivity contribution >= 4 is 5.91 Å². The van der Waals surface area contributed by atoms with Crippen molar-refractivity contribution in [1.29, 1.82) is 0 Å². The number of benzene rings is 1. The minimum absolute atomic E-state index is 0.00371. The van der Waals surface area contributed by atoms with Crippen LogP contribution in [0.15, 0.2) is 36.9 Å². The van der Waals surface area contributed by atoms with Crippen LogP contribution in [0, 0.1) is 5.92 Å². The molecule has 2 heterocycles. The number of nitrogens with one attached hydrogen (secondary N) is 1. The lowest BCUT2D eigenvalue weighted by atomic mass is 9.98. The maximum atomic E-state index is 13.2. The number of rotatable bonds is 4. The van der Waals surface area contributed by atoms with E-state index in [-0.39, 0.29) is 11.7 Å². The molecule has 1 aromatic heterocycles. The van der Waals surface area contributed by atoms with Crippen LogP contribution in [-0.2, 0) is 4.79 Å². The molecule has 5 rings (SSSR count). The van der Waals surface area contributed by atoms with Crippen LogP contribution in [0.5, 0.6) is 0 Å². The van der Waals surface area contributed by atoms with Gasteiger partial charge in [-0.05, 0) is 49.3 Å².